The number of rotatable bonds is 4. The third-order valence-electron chi connectivity index (χ3n) is 2.40. The van der Waals surface area contributed by atoms with Gasteiger partial charge in [-0.1, -0.05) is 31.5 Å². The van der Waals surface area contributed by atoms with Crippen LogP contribution < -0.4 is 0 Å². The van der Waals surface area contributed by atoms with Crippen LogP contribution in [0.3, 0.4) is 0 Å². The van der Waals surface area contributed by atoms with Crippen molar-refractivity contribution in [2.75, 3.05) is 0 Å². The van der Waals surface area contributed by atoms with E-state index in [0.717, 1.165) is 5.56 Å². The second kappa shape index (κ2) is 4.92. The van der Waals surface area contributed by atoms with Crippen LogP contribution in [0.15, 0.2) is 18.2 Å². The summed E-state index contributed by atoms with van der Waals surface area (Å²) in [5.41, 5.74) is 2.10. The van der Waals surface area contributed by atoms with E-state index in [2.05, 4.69) is 0 Å². The summed E-state index contributed by atoms with van der Waals surface area (Å²) in [5, 5.41) is 8.77. The summed E-state index contributed by atoms with van der Waals surface area (Å²) in [5.74, 6) is -1.03. The van der Waals surface area contributed by atoms with Crippen LogP contribution in [0.5, 0.6) is 0 Å². The van der Waals surface area contributed by atoms with E-state index in [0.29, 0.717) is 11.1 Å². The molecule has 3 nitrogen and oxygen atoms in total. The maximum Gasteiger partial charge on any atom is 0.307 e. The molecule has 0 radical (unpaired) electrons. The molecule has 1 N–H and O–H groups in total. The predicted octanol–water partition coefficient (Wildman–Crippen LogP) is 2.46. The number of ketones is 1. The lowest BCUT2D eigenvalue weighted by Crippen LogP contribution is -2.13. The Hall–Kier alpha value is -1.64. The van der Waals surface area contributed by atoms with E-state index in [1.807, 2.05) is 26.8 Å². The van der Waals surface area contributed by atoms with Gasteiger partial charge in [0.05, 0.1) is 6.42 Å². The molecule has 0 unspecified atom stereocenters. The van der Waals surface area contributed by atoms with E-state index in [1.165, 1.54) is 0 Å². The first-order valence-corrected chi connectivity index (χ1v) is 5.27. The SMILES string of the molecule is Cc1ccc(CC(=O)O)c(C(=O)C(C)C)c1. The molecular formula is C13H16O3. The Kier molecular flexibility index (Phi) is 3.82. The standard InChI is InChI=1S/C13H16O3/c1-8(2)13(16)11-6-9(3)4-5-10(11)7-12(14)15/h4-6,8H,7H2,1-3H3,(H,14,15). The van der Waals surface area contributed by atoms with E-state index in [4.69, 9.17) is 5.11 Å². The fourth-order valence-corrected chi connectivity index (χ4v) is 1.55. The van der Waals surface area contributed by atoms with Crippen molar-refractivity contribution in [3.63, 3.8) is 0 Å². The van der Waals surface area contributed by atoms with Crippen LogP contribution in [0.4, 0.5) is 0 Å². The maximum atomic E-state index is 11.9. The van der Waals surface area contributed by atoms with Crippen molar-refractivity contribution in [3.8, 4) is 0 Å². The molecule has 16 heavy (non-hydrogen) atoms. The maximum absolute atomic E-state index is 11.9. The Morgan fingerprint density at radius 2 is 1.94 bits per heavy atom. The summed E-state index contributed by atoms with van der Waals surface area (Å²) in [7, 11) is 0. The van der Waals surface area contributed by atoms with Crippen molar-refractivity contribution in [1.82, 2.24) is 0 Å². The highest BCUT2D eigenvalue weighted by molar-refractivity contribution is 5.99. The van der Waals surface area contributed by atoms with Crippen LogP contribution in [-0.4, -0.2) is 16.9 Å². The summed E-state index contributed by atoms with van der Waals surface area (Å²) in [6, 6.07) is 5.31. The third-order valence-corrected chi connectivity index (χ3v) is 2.40. The fourth-order valence-electron chi connectivity index (χ4n) is 1.55. The first-order chi connectivity index (χ1) is 7.41. The minimum Gasteiger partial charge on any atom is -0.481 e. The molecule has 0 heterocycles. The molecule has 0 spiro atoms. The van der Waals surface area contributed by atoms with Crippen LogP contribution in [0.25, 0.3) is 0 Å². The van der Waals surface area contributed by atoms with Gasteiger partial charge in [0.2, 0.25) is 0 Å². The molecule has 0 saturated heterocycles. The predicted molar refractivity (Wildman–Crippen MR) is 61.7 cm³/mol. The number of carboxylic acids is 1. The summed E-state index contributed by atoms with van der Waals surface area (Å²) in [6.07, 6.45) is -0.103. The molecule has 0 fully saturated rings. The number of Topliss-reactive ketones (excluding diaryl/α,β-unsaturated/α-hetero) is 1. The van der Waals surface area contributed by atoms with E-state index >= 15 is 0 Å². The Labute approximate surface area is 95.1 Å². The molecule has 0 amide bonds. The highest BCUT2D eigenvalue weighted by Crippen LogP contribution is 2.17. The van der Waals surface area contributed by atoms with Gasteiger partial charge < -0.3 is 5.11 Å². The molecule has 0 saturated carbocycles. The van der Waals surface area contributed by atoms with Crippen molar-refractivity contribution >= 4 is 11.8 Å². The van der Waals surface area contributed by atoms with E-state index < -0.39 is 5.97 Å². The van der Waals surface area contributed by atoms with Crippen LogP contribution >= 0.6 is 0 Å². The van der Waals surface area contributed by atoms with Gasteiger partial charge in [-0.25, -0.2) is 0 Å². The largest absolute Gasteiger partial charge is 0.481 e. The molecule has 0 aliphatic rings. The van der Waals surface area contributed by atoms with Crippen LogP contribution in [0, 0.1) is 12.8 Å². The van der Waals surface area contributed by atoms with Gasteiger partial charge in [0.25, 0.3) is 0 Å². The lowest BCUT2D eigenvalue weighted by atomic mass is 9.93. The number of carboxylic acid groups (broad SMARTS) is 1. The normalized spacial score (nSPS) is 10.5. The van der Waals surface area contributed by atoms with Crippen molar-refractivity contribution in [1.29, 1.82) is 0 Å². The minimum absolute atomic E-state index is 0.0000463. The molecule has 0 atom stereocenters. The van der Waals surface area contributed by atoms with Crippen LogP contribution in [0.1, 0.15) is 35.3 Å². The number of benzene rings is 1. The Bertz CT molecular complexity index is 419. The van der Waals surface area contributed by atoms with Crippen molar-refractivity contribution in [2.45, 2.75) is 27.2 Å². The second-order valence-electron chi connectivity index (χ2n) is 4.25. The molecule has 1 aromatic rings. The lowest BCUT2D eigenvalue weighted by Gasteiger charge is -2.10. The zero-order valence-corrected chi connectivity index (χ0v) is 9.78. The zero-order valence-electron chi connectivity index (χ0n) is 9.78. The second-order valence-corrected chi connectivity index (χ2v) is 4.25. The Morgan fingerprint density at radius 3 is 2.44 bits per heavy atom. The first-order valence-electron chi connectivity index (χ1n) is 5.27. The lowest BCUT2D eigenvalue weighted by molar-refractivity contribution is -0.136. The highest BCUT2D eigenvalue weighted by Gasteiger charge is 2.16. The molecule has 0 bridgehead atoms. The van der Waals surface area contributed by atoms with Crippen LogP contribution in [0.2, 0.25) is 0 Å². The summed E-state index contributed by atoms with van der Waals surface area (Å²) in [6.45, 7) is 5.52. The minimum atomic E-state index is -0.915. The third kappa shape index (κ3) is 2.92. The summed E-state index contributed by atoms with van der Waals surface area (Å²) in [4.78, 5) is 22.6. The number of carbonyl (C=O) groups excluding carboxylic acids is 1. The Balaban J connectivity index is 3.17. The number of hydrogen-bond donors (Lipinski definition) is 1. The highest BCUT2D eigenvalue weighted by atomic mass is 16.4. The van der Waals surface area contributed by atoms with Crippen LogP contribution in [-0.2, 0) is 11.2 Å². The summed E-state index contributed by atoms with van der Waals surface area (Å²) >= 11 is 0. The number of aliphatic carboxylic acids is 1. The molecule has 0 aliphatic carbocycles. The first kappa shape index (κ1) is 12.4. The van der Waals surface area contributed by atoms with Gasteiger partial charge in [-0.3, -0.25) is 9.59 Å². The zero-order chi connectivity index (χ0) is 12.3. The monoisotopic (exact) mass is 220 g/mol. The molecule has 3 heteroatoms. The molecule has 0 aromatic heterocycles. The average molecular weight is 220 g/mol. The van der Waals surface area contributed by atoms with Gasteiger partial charge >= 0.3 is 5.97 Å². The Morgan fingerprint density at radius 1 is 1.31 bits per heavy atom. The molecule has 86 valence electrons. The van der Waals surface area contributed by atoms with Gasteiger partial charge in [0.15, 0.2) is 5.78 Å². The number of carbonyl (C=O) groups is 2. The molecule has 1 rings (SSSR count). The van der Waals surface area contributed by atoms with Gasteiger partial charge in [0.1, 0.15) is 0 Å². The van der Waals surface area contributed by atoms with Crippen molar-refractivity contribution in [2.24, 2.45) is 5.92 Å². The summed E-state index contributed by atoms with van der Waals surface area (Å²) < 4.78 is 0. The molecule has 1 aromatic carbocycles. The van der Waals surface area contributed by atoms with Gasteiger partial charge in [-0.15, -0.1) is 0 Å². The average Bonchev–Trinajstić information content (AvgIpc) is 2.18. The molecule has 0 aliphatic heterocycles. The van der Waals surface area contributed by atoms with E-state index in [1.54, 1.807) is 12.1 Å². The molecular weight excluding hydrogens is 204 g/mol. The van der Waals surface area contributed by atoms with Crippen molar-refractivity contribution in [3.05, 3.63) is 34.9 Å². The van der Waals surface area contributed by atoms with Gasteiger partial charge in [0, 0.05) is 11.5 Å². The smallest absolute Gasteiger partial charge is 0.307 e. The number of aryl methyl sites for hydroxylation is 1. The van der Waals surface area contributed by atoms with Crippen molar-refractivity contribution < 1.29 is 14.7 Å². The van der Waals surface area contributed by atoms with E-state index in [9.17, 15) is 9.59 Å². The van der Waals surface area contributed by atoms with E-state index in [-0.39, 0.29) is 18.1 Å². The quantitative estimate of drug-likeness (QED) is 0.793. The topological polar surface area (TPSA) is 54.4 Å². The van der Waals surface area contributed by atoms with Gasteiger partial charge in [-0.05, 0) is 18.6 Å². The fraction of sp³-hybridized carbons (Fsp3) is 0.385. The number of hydrogen-bond acceptors (Lipinski definition) is 2. The van der Waals surface area contributed by atoms with Gasteiger partial charge in [-0.2, -0.15) is 0 Å².